The second-order valence-electron chi connectivity index (χ2n) is 5.83. The van der Waals surface area contributed by atoms with Crippen LogP contribution in [-0.2, 0) is 22.6 Å². The number of carbonyl (C=O) groups excluding carboxylic acids is 1. The minimum absolute atomic E-state index is 0.173. The highest BCUT2D eigenvalue weighted by Gasteiger charge is 2.14. The van der Waals surface area contributed by atoms with Gasteiger partial charge in [-0.05, 0) is 17.7 Å². The Hall–Kier alpha value is -2.86. The molecule has 4 rings (SSSR count). The Morgan fingerprint density at radius 1 is 1.08 bits per heavy atom. The van der Waals surface area contributed by atoms with Crippen LogP contribution in [0.5, 0.6) is 11.5 Å². The summed E-state index contributed by atoms with van der Waals surface area (Å²) in [5, 5.41) is 2.84. The van der Waals surface area contributed by atoms with Gasteiger partial charge in [0.1, 0.15) is 24.8 Å². The van der Waals surface area contributed by atoms with E-state index in [1.54, 1.807) is 11.3 Å². The van der Waals surface area contributed by atoms with Crippen LogP contribution in [0.1, 0.15) is 11.3 Å². The predicted octanol–water partition coefficient (Wildman–Crippen LogP) is 3.87. The molecule has 0 bridgehead atoms. The molecule has 0 fully saturated rings. The van der Waals surface area contributed by atoms with Crippen LogP contribution in [0.4, 0.5) is 0 Å². The minimum atomic E-state index is -0.295. The lowest BCUT2D eigenvalue weighted by Gasteiger charge is -2.18. The molecule has 1 aliphatic heterocycles. The Labute approximate surface area is 155 Å². The van der Waals surface area contributed by atoms with Crippen LogP contribution in [0, 0.1) is 0 Å². The summed E-state index contributed by atoms with van der Waals surface area (Å²) in [4.78, 5) is 16.6. The van der Waals surface area contributed by atoms with Crippen molar-refractivity contribution in [1.29, 1.82) is 0 Å². The molecule has 2 aromatic carbocycles. The Bertz CT molecular complexity index is 907. The van der Waals surface area contributed by atoms with Crippen LogP contribution in [0.25, 0.3) is 10.6 Å². The predicted molar refractivity (Wildman–Crippen MR) is 98.5 cm³/mol. The van der Waals surface area contributed by atoms with Gasteiger partial charge in [0.2, 0.25) is 0 Å². The maximum absolute atomic E-state index is 12.1. The fourth-order valence-corrected chi connectivity index (χ4v) is 3.47. The lowest BCUT2D eigenvalue weighted by atomic mass is 10.1. The quantitative estimate of drug-likeness (QED) is 0.641. The molecule has 3 aromatic rings. The van der Waals surface area contributed by atoms with E-state index in [0.717, 1.165) is 21.8 Å². The van der Waals surface area contributed by atoms with Crippen LogP contribution in [-0.4, -0.2) is 24.2 Å². The van der Waals surface area contributed by atoms with E-state index in [1.807, 2.05) is 53.9 Å². The van der Waals surface area contributed by atoms with Gasteiger partial charge in [0.05, 0.1) is 12.1 Å². The minimum Gasteiger partial charge on any atom is -0.486 e. The van der Waals surface area contributed by atoms with E-state index < -0.39 is 0 Å². The second kappa shape index (κ2) is 7.58. The zero-order valence-electron chi connectivity index (χ0n) is 14.0. The molecule has 5 nitrogen and oxygen atoms in total. The number of aromatic nitrogens is 1. The molecule has 0 unspecified atom stereocenters. The summed E-state index contributed by atoms with van der Waals surface area (Å²) in [6.45, 7) is 1.24. The summed E-state index contributed by atoms with van der Waals surface area (Å²) < 4.78 is 16.4. The van der Waals surface area contributed by atoms with Crippen LogP contribution in [0.15, 0.2) is 53.9 Å². The van der Waals surface area contributed by atoms with Gasteiger partial charge >= 0.3 is 5.97 Å². The van der Waals surface area contributed by atoms with Crippen molar-refractivity contribution in [3.8, 4) is 22.1 Å². The normalized spacial score (nSPS) is 12.6. The molecule has 1 aromatic heterocycles. The molecule has 6 heteroatoms. The molecule has 2 heterocycles. The van der Waals surface area contributed by atoms with Gasteiger partial charge in [-0.25, -0.2) is 4.98 Å². The number of esters is 1. The van der Waals surface area contributed by atoms with Gasteiger partial charge < -0.3 is 14.2 Å². The van der Waals surface area contributed by atoms with Crippen molar-refractivity contribution in [1.82, 2.24) is 4.98 Å². The number of hydrogen-bond acceptors (Lipinski definition) is 6. The van der Waals surface area contributed by atoms with E-state index in [1.165, 1.54) is 0 Å². The van der Waals surface area contributed by atoms with Gasteiger partial charge in [-0.3, -0.25) is 4.79 Å². The number of fused-ring (bicyclic) bond motifs is 1. The number of rotatable bonds is 5. The van der Waals surface area contributed by atoms with Crippen molar-refractivity contribution in [2.75, 3.05) is 13.2 Å². The lowest BCUT2D eigenvalue weighted by Crippen LogP contribution is -2.16. The SMILES string of the molecule is O=C(Cc1ccc2c(c1)OCCO2)OCc1csc(-c2ccccc2)n1. The van der Waals surface area contributed by atoms with E-state index in [4.69, 9.17) is 14.2 Å². The molecule has 0 radical (unpaired) electrons. The molecule has 0 aliphatic carbocycles. The first-order valence-electron chi connectivity index (χ1n) is 8.32. The maximum atomic E-state index is 12.1. The molecule has 0 atom stereocenters. The van der Waals surface area contributed by atoms with Crippen LogP contribution in [0.2, 0.25) is 0 Å². The van der Waals surface area contributed by atoms with Gasteiger partial charge in [-0.1, -0.05) is 36.4 Å². The van der Waals surface area contributed by atoms with Crippen molar-refractivity contribution >= 4 is 17.3 Å². The number of hydrogen-bond donors (Lipinski definition) is 0. The Balaban J connectivity index is 1.34. The summed E-state index contributed by atoms with van der Waals surface area (Å²) in [6.07, 6.45) is 0.187. The zero-order valence-corrected chi connectivity index (χ0v) is 14.8. The Kier molecular flexibility index (Phi) is 4.84. The highest BCUT2D eigenvalue weighted by atomic mass is 32.1. The molecule has 0 saturated heterocycles. The zero-order chi connectivity index (χ0) is 17.8. The maximum Gasteiger partial charge on any atom is 0.310 e. The topological polar surface area (TPSA) is 57.7 Å². The van der Waals surface area contributed by atoms with Crippen molar-refractivity contribution < 1.29 is 19.0 Å². The number of thiazole rings is 1. The largest absolute Gasteiger partial charge is 0.486 e. The number of benzene rings is 2. The molecular formula is C20H17NO4S. The van der Waals surface area contributed by atoms with E-state index in [0.29, 0.717) is 24.7 Å². The van der Waals surface area contributed by atoms with E-state index >= 15 is 0 Å². The van der Waals surface area contributed by atoms with Gasteiger partial charge in [-0.2, -0.15) is 0 Å². The molecule has 26 heavy (non-hydrogen) atoms. The smallest absolute Gasteiger partial charge is 0.310 e. The highest BCUT2D eigenvalue weighted by molar-refractivity contribution is 7.13. The van der Waals surface area contributed by atoms with Crippen molar-refractivity contribution in [2.24, 2.45) is 0 Å². The number of carbonyl (C=O) groups is 1. The molecule has 0 saturated carbocycles. The van der Waals surface area contributed by atoms with E-state index in [-0.39, 0.29) is 19.0 Å². The fourth-order valence-electron chi connectivity index (χ4n) is 2.66. The molecule has 0 amide bonds. The third kappa shape index (κ3) is 3.86. The molecule has 1 aliphatic rings. The first kappa shape index (κ1) is 16.6. The van der Waals surface area contributed by atoms with E-state index in [2.05, 4.69) is 4.98 Å². The highest BCUT2D eigenvalue weighted by Crippen LogP contribution is 2.31. The van der Waals surface area contributed by atoms with Gasteiger partial charge in [0.25, 0.3) is 0 Å². The number of nitrogens with zero attached hydrogens (tertiary/aromatic N) is 1. The first-order valence-corrected chi connectivity index (χ1v) is 9.20. The van der Waals surface area contributed by atoms with Gasteiger partial charge in [0.15, 0.2) is 11.5 Å². The number of ether oxygens (including phenoxy) is 3. The molecule has 0 spiro atoms. The Morgan fingerprint density at radius 3 is 2.73 bits per heavy atom. The van der Waals surface area contributed by atoms with Crippen molar-refractivity contribution in [3.63, 3.8) is 0 Å². The molecular weight excluding hydrogens is 350 g/mol. The lowest BCUT2D eigenvalue weighted by molar-refractivity contribution is -0.144. The van der Waals surface area contributed by atoms with Gasteiger partial charge in [-0.15, -0.1) is 11.3 Å². The third-order valence-electron chi connectivity index (χ3n) is 3.91. The summed E-state index contributed by atoms with van der Waals surface area (Å²) in [7, 11) is 0. The van der Waals surface area contributed by atoms with Crippen LogP contribution < -0.4 is 9.47 Å². The van der Waals surface area contributed by atoms with Crippen molar-refractivity contribution in [3.05, 3.63) is 65.2 Å². The second-order valence-corrected chi connectivity index (χ2v) is 6.68. The first-order chi connectivity index (χ1) is 12.8. The molecule has 0 N–H and O–H groups in total. The fraction of sp³-hybridized carbons (Fsp3) is 0.200. The van der Waals surface area contributed by atoms with Crippen LogP contribution >= 0.6 is 11.3 Å². The summed E-state index contributed by atoms with van der Waals surface area (Å²) in [5.74, 6) is 1.09. The average Bonchev–Trinajstić information content (AvgIpc) is 3.16. The Morgan fingerprint density at radius 2 is 1.88 bits per heavy atom. The van der Waals surface area contributed by atoms with Crippen LogP contribution in [0.3, 0.4) is 0 Å². The van der Waals surface area contributed by atoms with Gasteiger partial charge in [0, 0.05) is 10.9 Å². The van der Waals surface area contributed by atoms with E-state index in [9.17, 15) is 4.79 Å². The monoisotopic (exact) mass is 367 g/mol. The third-order valence-corrected chi connectivity index (χ3v) is 4.85. The summed E-state index contributed by atoms with van der Waals surface area (Å²) in [5.41, 5.74) is 2.65. The standard InChI is InChI=1S/C20H17NO4S/c22-19(11-14-6-7-17-18(10-14)24-9-8-23-17)25-12-16-13-26-20(21-16)15-4-2-1-3-5-15/h1-7,10,13H,8-9,11-12H2. The average molecular weight is 367 g/mol. The summed E-state index contributed by atoms with van der Waals surface area (Å²) in [6, 6.07) is 15.4. The molecule has 132 valence electrons. The van der Waals surface area contributed by atoms with Crippen molar-refractivity contribution in [2.45, 2.75) is 13.0 Å². The summed E-state index contributed by atoms with van der Waals surface area (Å²) >= 11 is 1.54.